The van der Waals surface area contributed by atoms with Crippen molar-refractivity contribution in [2.45, 2.75) is 13.8 Å². The maximum absolute atomic E-state index is 12.4. The van der Waals surface area contributed by atoms with Crippen LogP contribution in [0.5, 0.6) is 0 Å². The molecule has 3 aromatic rings. The maximum atomic E-state index is 12.4. The van der Waals surface area contributed by atoms with Crippen LogP contribution in [0.3, 0.4) is 0 Å². The van der Waals surface area contributed by atoms with Crippen molar-refractivity contribution < 1.29 is 9.21 Å². The van der Waals surface area contributed by atoms with Gasteiger partial charge in [0.05, 0.1) is 11.1 Å². The van der Waals surface area contributed by atoms with E-state index in [1.807, 2.05) is 38.1 Å². The van der Waals surface area contributed by atoms with Crippen molar-refractivity contribution in [3.05, 3.63) is 74.0 Å². The summed E-state index contributed by atoms with van der Waals surface area (Å²) in [6.45, 7) is 3.77. The smallest absolute Gasteiger partial charge is 0.291 e. The van der Waals surface area contributed by atoms with Crippen molar-refractivity contribution in [3.63, 3.8) is 0 Å². The number of hydrogen-bond acceptors (Lipinski definition) is 3. The summed E-state index contributed by atoms with van der Waals surface area (Å²) in [7, 11) is 0. The third-order valence-electron chi connectivity index (χ3n) is 3.52. The molecule has 1 N–H and O–H groups in total. The predicted octanol–water partition coefficient (Wildman–Crippen LogP) is 4.42. The summed E-state index contributed by atoms with van der Waals surface area (Å²) in [6.07, 6.45) is 0. The van der Waals surface area contributed by atoms with E-state index in [2.05, 4.69) is 21.2 Å². The molecule has 0 radical (unpaired) electrons. The Labute approximate surface area is 141 Å². The first-order valence-electron chi connectivity index (χ1n) is 7.06. The maximum Gasteiger partial charge on any atom is 0.291 e. The number of fused-ring (bicyclic) bond motifs is 1. The number of halogens is 1. The molecule has 0 spiro atoms. The van der Waals surface area contributed by atoms with E-state index < -0.39 is 5.91 Å². The molecule has 0 saturated heterocycles. The third-order valence-corrected chi connectivity index (χ3v) is 4.21. The van der Waals surface area contributed by atoms with Crippen LogP contribution in [0.2, 0.25) is 0 Å². The number of benzene rings is 2. The van der Waals surface area contributed by atoms with Gasteiger partial charge in [0, 0.05) is 10.5 Å². The molecule has 0 atom stereocenters. The molecule has 0 bridgehead atoms. The Morgan fingerprint density at radius 3 is 2.61 bits per heavy atom. The van der Waals surface area contributed by atoms with Gasteiger partial charge in [-0.25, -0.2) is 0 Å². The van der Waals surface area contributed by atoms with Crippen LogP contribution in [-0.4, -0.2) is 5.91 Å². The predicted molar refractivity (Wildman–Crippen MR) is 94.1 cm³/mol. The fourth-order valence-corrected chi connectivity index (χ4v) is 2.91. The minimum atomic E-state index is -0.463. The molecule has 0 aliphatic carbocycles. The van der Waals surface area contributed by atoms with Crippen LogP contribution in [0, 0.1) is 13.8 Å². The standard InChI is InChI=1S/C18H14BrNO3/c1-10-7-11(2)17-14(21)9-16(23-15(17)8-10)18(22)20-13-6-4-3-5-12(13)19/h3-9H,1-2H3,(H,20,22). The Bertz CT molecular complexity index is 976. The van der Waals surface area contributed by atoms with Crippen LogP contribution < -0.4 is 10.7 Å². The zero-order valence-electron chi connectivity index (χ0n) is 12.6. The van der Waals surface area contributed by atoms with Crippen LogP contribution in [0.25, 0.3) is 11.0 Å². The fraction of sp³-hybridized carbons (Fsp3) is 0.111. The number of nitrogens with one attached hydrogen (secondary N) is 1. The Kier molecular flexibility index (Phi) is 4.05. The lowest BCUT2D eigenvalue weighted by molar-refractivity contribution is 0.0997. The molecular formula is C18H14BrNO3. The molecule has 1 aromatic heterocycles. The van der Waals surface area contributed by atoms with Gasteiger partial charge in [0.2, 0.25) is 0 Å². The Morgan fingerprint density at radius 1 is 1.13 bits per heavy atom. The first-order valence-corrected chi connectivity index (χ1v) is 7.86. The van der Waals surface area contributed by atoms with Gasteiger partial charge < -0.3 is 9.73 Å². The van der Waals surface area contributed by atoms with Crippen molar-refractivity contribution in [2.75, 3.05) is 5.32 Å². The van der Waals surface area contributed by atoms with E-state index in [0.29, 0.717) is 16.7 Å². The molecule has 4 nitrogen and oxygen atoms in total. The minimum Gasteiger partial charge on any atom is -0.451 e. The molecule has 1 heterocycles. The number of rotatable bonds is 2. The summed E-state index contributed by atoms with van der Waals surface area (Å²) < 4.78 is 6.40. The van der Waals surface area contributed by atoms with E-state index in [-0.39, 0.29) is 11.2 Å². The molecule has 5 heteroatoms. The number of carbonyl (C=O) groups is 1. The summed E-state index contributed by atoms with van der Waals surface area (Å²) in [4.78, 5) is 24.7. The van der Waals surface area contributed by atoms with Gasteiger partial charge in [0.1, 0.15) is 5.58 Å². The number of para-hydroxylation sites is 1. The van der Waals surface area contributed by atoms with E-state index in [9.17, 15) is 9.59 Å². The zero-order chi connectivity index (χ0) is 16.6. The second kappa shape index (κ2) is 6.01. The molecule has 0 saturated carbocycles. The summed E-state index contributed by atoms with van der Waals surface area (Å²) in [5.41, 5.74) is 2.63. The lowest BCUT2D eigenvalue weighted by Crippen LogP contribution is -2.15. The van der Waals surface area contributed by atoms with Crippen molar-refractivity contribution in [3.8, 4) is 0 Å². The lowest BCUT2D eigenvalue weighted by Gasteiger charge is -2.08. The number of aryl methyl sites for hydroxylation is 2. The number of hydrogen-bond donors (Lipinski definition) is 1. The van der Waals surface area contributed by atoms with Gasteiger partial charge in [0.25, 0.3) is 5.91 Å². The first-order chi connectivity index (χ1) is 11.0. The van der Waals surface area contributed by atoms with Gasteiger partial charge in [-0.05, 0) is 59.1 Å². The van der Waals surface area contributed by atoms with Gasteiger partial charge in [0.15, 0.2) is 11.2 Å². The largest absolute Gasteiger partial charge is 0.451 e. The van der Waals surface area contributed by atoms with Gasteiger partial charge >= 0.3 is 0 Å². The Hall–Kier alpha value is -2.40. The highest BCUT2D eigenvalue weighted by atomic mass is 79.9. The second-order valence-corrected chi connectivity index (χ2v) is 6.22. The van der Waals surface area contributed by atoms with E-state index >= 15 is 0 Å². The van der Waals surface area contributed by atoms with Gasteiger partial charge in [-0.1, -0.05) is 18.2 Å². The molecule has 0 aliphatic rings. The summed E-state index contributed by atoms with van der Waals surface area (Å²) in [6, 6.07) is 12.1. The first kappa shape index (κ1) is 15.5. The van der Waals surface area contributed by atoms with Crippen LogP contribution in [0.15, 0.2) is 56.1 Å². The Balaban J connectivity index is 2.05. The molecule has 23 heavy (non-hydrogen) atoms. The third kappa shape index (κ3) is 3.05. The van der Waals surface area contributed by atoms with Crippen molar-refractivity contribution in [1.82, 2.24) is 0 Å². The SMILES string of the molecule is Cc1cc(C)c2c(=O)cc(C(=O)Nc3ccccc3Br)oc2c1. The molecule has 0 fully saturated rings. The molecule has 0 aliphatic heterocycles. The van der Waals surface area contributed by atoms with E-state index in [1.165, 1.54) is 6.07 Å². The molecule has 1 amide bonds. The highest BCUT2D eigenvalue weighted by molar-refractivity contribution is 9.10. The molecular weight excluding hydrogens is 358 g/mol. The van der Waals surface area contributed by atoms with Gasteiger partial charge in [-0.2, -0.15) is 0 Å². The van der Waals surface area contributed by atoms with E-state index in [0.717, 1.165) is 15.6 Å². The fourth-order valence-electron chi connectivity index (χ4n) is 2.52. The average Bonchev–Trinajstić information content (AvgIpc) is 2.48. The van der Waals surface area contributed by atoms with Gasteiger partial charge in [-0.3, -0.25) is 9.59 Å². The minimum absolute atomic E-state index is 0.0109. The van der Waals surface area contributed by atoms with Gasteiger partial charge in [-0.15, -0.1) is 0 Å². The quantitative estimate of drug-likeness (QED) is 0.724. The average molecular weight is 372 g/mol. The van der Waals surface area contributed by atoms with Crippen LogP contribution in [-0.2, 0) is 0 Å². The molecule has 2 aromatic carbocycles. The zero-order valence-corrected chi connectivity index (χ0v) is 14.2. The molecule has 0 unspecified atom stereocenters. The van der Waals surface area contributed by atoms with Crippen molar-refractivity contribution in [2.24, 2.45) is 0 Å². The highest BCUT2D eigenvalue weighted by Gasteiger charge is 2.15. The number of anilines is 1. The molecule has 3 rings (SSSR count). The Morgan fingerprint density at radius 2 is 1.87 bits per heavy atom. The van der Waals surface area contributed by atoms with E-state index in [4.69, 9.17) is 4.42 Å². The normalized spacial score (nSPS) is 10.7. The number of amides is 1. The van der Waals surface area contributed by atoms with Crippen molar-refractivity contribution >= 4 is 38.5 Å². The highest BCUT2D eigenvalue weighted by Crippen LogP contribution is 2.23. The van der Waals surface area contributed by atoms with Crippen molar-refractivity contribution in [1.29, 1.82) is 0 Å². The van der Waals surface area contributed by atoms with Crippen LogP contribution in [0.1, 0.15) is 21.7 Å². The summed E-state index contributed by atoms with van der Waals surface area (Å²) in [5.74, 6) is -0.474. The van der Waals surface area contributed by atoms with Crippen LogP contribution >= 0.6 is 15.9 Å². The van der Waals surface area contributed by atoms with Crippen LogP contribution in [0.4, 0.5) is 5.69 Å². The van der Waals surface area contributed by atoms with E-state index in [1.54, 1.807) is 12.1 Å². The number of carbonyl (C=O) groups excluding carboxylic acids is 1. The molecule has 116 valence electrons. The summed E-state index contributed by atoms with van der Waals surface area (Å²) >= 11 is 3.36. The topological polar surface area (TPSA) is 59.3 Å². The monoisotopic (exact) mass is 371 g/mol. The summed E-state index contributed by atoms with van der Waals surface area (Å²) in [5, 5.41) is 3.24. The second-order valence-electron chi connectivity index (χ2n) is 5.36. The lowest BCUT2D eigenvalue weighted by atomic mass is 10.1.